The second kappa shape index (κ2) is 7.94. The molecule has 1 atom stereocenters. The maximum Gasteiger partial charge on any atom is 0.317 e. The first-order valence-electron chi connectivity index (χ1n) is 7.21. The molecule has 0 aliphatic rings. The van der Waals surface area contributed by atoms with E-state index < -0.39 is 0 Å². The van der Waals surface area contributed by atoms with E-state index in [4.69, 9.17) is 21.2 Å². The molecular weight excluding hydrogens is 320 g/mol. The molecule has 0 aliphatic carbocycles. The Balaban J connectivity index is 1.87. The first kappa shape index (κ1) is 17.2. The lowest BCUT2D eigenvalue weighted by atomic mass is 10.2. The van der Waals surface area contributed by atoms with Crippen molar-refractivity contribution in [3.63, 3.8) is 0 Å². The third-order valence-electron chi connectivity index (χ3n) is 3.41. The van der Waals surface area contributed by atoms with Gasteiger partial charge in [-0.1, -0.05) is 28.9 Å². The van der Waals surface area contributed by atoms with Gasteiger partial charge in [-0.3, -0.25) is 0 Å². The van der Waals surface area contributed by atoms with Crippen molar-refractivity contribution in [3.8, 4) is 11.4 Å². The first-order chi connectivity index (χ1) is 11.0. The van der Waals surface area contributed by atoms with Crippen molar-refractivity contribution in [2.75, 3.05) is 20.2 Å². The van der Waals surface area contributed by atoms with E-state index >= 15 is 0 Å². The predicted octanol–water partition coefficient (Wildman–Crippen LogP) is 1.95. The zero-order chi connectivity index (χ0) is 16.8. The molecular formula is C15H19ClN4O3. The molecule has 0 fully saturated rings. The van der Waals surface area contributed by atoms with Crippen LogP contribution in [0.4, 0.5) is 4.79 Å². The average molecular weight is 339 g/mol. The van der Waals surface area contributed by atoms with Crippen LogP contribution in [0.15, 0.2) is 28.8 Å². The van der Waals surface area contributed by atoms with Crippen molar-refractivity contribution in [2.24, 2.45) is 0 Å². The highest BCUT2D eigenvalue weighted by molar-refractivity contribution is 6.30. The summed E-state index contributed by atoms with van der Waals surface area (Å²) in [5, 5.41) is 16.3. The summed E-state index contributed by atoms with van der Waals surface area (Å²) in [5.74, 6) is 0.887. The predicted molar refractivity (Wildman–Crippen MR) is 86.2 cm³/mol. The fraction of sp³-hybridized carbons (Fsp3) is 0.400. The van der Waals surface area contributed by atoms with Gasteiger partial charge >= 0.3 is 6.03 Å². The van der Waals surface area contributed by atoms with Gasteiger partial charge in [-0.2, -0.15) is 4.98 Å². The van der Waals surface area contributed by atoms with E-state index in [1.807, 2.05) is 12.1 Å². The number of carbonyl (C=O) groups is 1. The number of aliphatic hydroxyl groups is 1. The minimum absolute atomic E-state index is 0.0867. The van der Waals surface area contributed by atoms with Crippen LogP contribution in [0.5, 0.6) is 0 Å². The largest absolute Gasteiger partial charge is 0.394 e. The van der Waals surface area contributed by atoms with E-state index in [-0.39, 0.29) is 18.7 Å². The smallest absolute Gasteiger partial charge is 0.317 e. The van der Waals surface area contributed by atoms with Crippen molar-refractivity contribution in [3.05, 3.63) is 35.2 Å². The lowest BCUT2D eigenvalue weighted by Gasteiger charge is -2.23. The van der Waals surface area contributed by atoms with Crippen LogP contribution in [-0.4, -0.2) is 52.4 Å². The summed E-state index contributed by atoms with van der Waals surface area (Å²) in [7, 11) is 1.63. The number of carbonyl (C=O) groups excluding carboxylic acids is 1. The number of urea groups is 1. The van der Waals surface area contributed by atoms with Gasteiger partial charge in [-0.15, -0.1) is 0 Å². The monoisotopic (exact) mass is 338 g/mol. The second-order valence-corrected chi connectivity index (χ2v) is 5.58. The van der Waals surface area contributed by atoms with Crippen molar-refractivity contribution in [1.82, 2.24) is 20.4 Å². The number of halogens is 1. The number of amides is 2. The Bertz CT molecular complexity index is 662. The number of nitrogens with zero attached hydrogens (tertiary/aromatic N) is 3. The maximum atomic E-state index is 11.8. The fourth-order valence-electron chi connectivity index (χ4n) is 1.82. The first-order valence-corrected chi connectivity index (χ1v) is 7.59. The summed E-state index contributed by atoms with van der Waals surface area (Å²) in [6.07, 6.45) is 0.417. The van der Waals surface area contributed by atoms with Crippen LogP contribution in [0.2, 0.25) is 5.02 Å². The molecule has 2 aromatic rings. The van der Waals surface area contributed by atoms with Gasteiger partial charge in [0.15, 0.2) is 0 Å². The van der Waals surface area contributed by atoms with Gasteiger partial charge in [0, 0.05) is 30.6 Å². The summed E-state index contributed by atoms with van der Waals surface area (Å²) >= 11 is 5.93. The molecule has 7 nitrogen and oxygen atoms in total. The highest BCUT2D eigenvalue weighted by Gasteiger charge is 2.15. The molecule has 2 N–H and O–H groups in total. The molecule has 1 aromatic heterocycles. The molecule has 0 saturated carbocycles. The van der Waals surface area contributed by atoms with Gasteiger partial charge in [0.2, 0.25) is 11.7 Å². The van der Waals surface area contributed by atoms with E-state index in [1.54, 1.807) is 26.1 Å². The SMILES string of the molecule is CC(CO)N(C)C(=O)NCCc1nc(-c2cccc(Cl)c2)no1. The number of nitrogens with one attached hydrogen (secondary N) is 1. The third-order valence-corrected chi connectivity index (χ3v) is 3.65. The highest BCUT2D eigenvalue weighted by Crippen LogP contribution is 2.19. The zero-order valence-electron chi connectivity index (χ0n) is 13.0. The van der Waals surface area contributed by atoms with Gasteiger partial charge < -0.3 is 19.8 Å². The molecule has 1 heterocycles. The molecule has 23 heavy (non-hydrogen) atoms. The Kier molecular flexibility index (Phi) is 5.95. The zero-order valence-corrected chi connectivity index (χ0v) is 13.7. The maximum absolute atomic E-state index is 11.8. The van der Waals surface area contributed by atoms with Crippen LogP contribution in [-0.2, 0) is 6.42 Å². The van der Waals surface area contributed by atoms with Crippen molar-refractivity contribution >= 4 is 17.6 Å². The molecule has 1 unspecified atom stereocenters. The number of hydrogen-bond acceptors (Lipinski definition) is 5. The average Bonchev–Trinajstić information content (AvgIpc) is 3.02. The van der Waals surface area contributed by atoms with E-state index in [2.05, 4.69) is 15.5 Å². The molecule has 0 spiro atoms. The van der Waals surface area contributed by atoms with E-state index in [0.717, 1.165) is 5.56 Å². The van der Waals surface area contributed by atoms with Gasteiger partial charge in [-0.05, 0) is 19.1 Å². The Morgan fingerprint density at radius 2 is 2.30 bits per heavy atom. The summed E-state index contributed by atoms with van der Waals surface area (Å²) in [4.78, 5) is 17.5. The van der Waals surface area contributed by atoms with Crippen LogP contribution in [0.1, 0.15) is 12.8 Å². The quantitative estimate of drug-likeness (QED) is 0.840. The third kappa shape index (κ3) is 4.67. The topological polar surface area (TPSA) is 91.5 Å². The highest BCUT2D eigenvalue weighted by atomic mass is 35.5. The number of aliphatic hydroxyl groups excluding tert-OH is 1. The lowest BCUT2D eigenvalue weighted by Crippen LogP contribution is -2.44. The van der Waals surface area contributed by atoms with Gasteiger partial charge in [0.1, 0.15) is 0 Å². The summed E-state index contributed by atoms with van der Waals surface area (Å²) < 4.78 is 5.16. The van der Waals surface area contributed by atoms with Crippen LogP contribution < -0.4 is 5.32 Å². The van der Waals surface area contributed by atoms with Crippen molar-refractivity contribution in [2.45, 2.75) is 19.4 Å². The van der Waals surface area contributed by atoms with Crippen LogP contribution in [0, 0.1) is 0 Å². The van der Waals surface area contributed by atoms with Gasteiger partial charge in [-0.25, -0.2) is 4.79 Å². The van der Waals surface area contributed by atoms with Crippen molar-refractivity contribution < 1.29 is 14.4 Å². The molecule has 0 bridgehead atoms. The summed E-state index contributed by atoms with van der Waals surface area (Å²) in [6, 6.07) is 6.67. The lowest BCUT2D eigenvalue weighted by molar-refractivity contribution is 0.157. The normalized spacial score (nSPS) is 12.0. The Morgan fingerprint density at radius 1 is 1.52 bits per heavy atom. The Labute approximate surface area is 139 Å². The number of likely N-dealkylation sites (N-methyl/N-ethyl adjacent to an activating group) is 1. The van der Waals surface area contributed by atoms with E-state index in [9.17, 15) is 4.79 Å². The molecule has 0 saturated heterocycles. The van der Waals surface area contributed by atoms with Crippen LogP contribution >= 0.6 is 11.6 Å². The summed E-state index contributed by atoms with van der Waals surface area (Å²) in [6.45, 7) is 2.03. The number of hydrogen-bond donors (Lipinski definition) is 2. The van der Waals surface area contributed by atoms with Crippen LogP contribution in [0.25, 0.3) is 11.4 Å². The number of rotatable bonds is 6. The standard InChI is InChI=1S/C15H19ClN4O3/c1-10(9-21)20(2)15(22)17-7-6-13-18-14(19-23-13)11-4-3-5-12(16)8-11/h3-5,8,10,21H,6-7,9H2,1-2H3,(H,17,22). The molecule has 124 valence electrons. The summed E-state index contributed by atoms with van der Waals surface area (Å²) in [5.41, 5.74) is 0.771. The van der Waals surface area contributed by atoms with Crippen LogP contribution in [0.3, 0.4) is 0 Å². The van der Waals surface area contributed by atoms with Gasteiger partial charge in [0.05, 0.1) is 12.6 Å². The minimum Gasteiger partial charge on any atom is -0.394 e. The molecule has 2 rings (SSSR count). The minimum atomic E-state index is -0.263. The molecule has 2 amide bonds. The van der Waals surface area contributed by atoms with E-state index in [0.29, 0.717) is 29.7 Å². The fourth-order valence-corrected chi connectivity index (χ4v) is 2.02. The number of benzene rings is 1. The number of aromatic nitrogens is 2. The molecule has 0 aliphatic heterocycles. The van der Waals surface area contributed by atoms with E-state index in [1.165, 1.54) is 4.90 Å². The molecule has 1 aromatic carbocycles. The second-order valence-electron chi connectivity index (χ2n) is 5.15. The Hall–Kier alpha value is -2.12. The molecule has 0 radical (unpaired) electrons. The van der Waals surface area contributed by atoms with Crippen molar-refractivity contribution in [1.29, 1.82) is 0 Å². The Morgan fingerprint density at radius 3 is 3.00 bits per heavy atom. The van der Waals surface area contributed by atoms with Gasteiger partial charge in [0.25, 0.3) is 0 Å². The molecule has 8 heteroatoms.